The minimum atomic E-state index is -0.641. The van der Waals surface area contributed by atoms with Crippen LogP contribution in [-0.2, 0) is 9.53 Å². The van der Waals surface area contributed by atoms with E-state index in [-0.39, 0.29) is 12.4 Å². The number of halogens is 2. The van der Waals surface area contributed by atoms with Gasteiger partial charge in [0.25, 0.3) is 5.91 Å². The molecule has 2 aromatic rings. The molecule has 8 heteroatoms. The van der Waals surface area contributed by atoms with Gasteiger partial charge >= 0.3 is 5.97 Å². The van der Waals surface area contributed by atoms with Crippen molar-refractivity contribution in [2.24, 2.45) is 0 Å². The summed E-state index contributed by atoms with van der Waals surface area (Å²) in [6, 6.07) is 9.29. The molecule has 0 saturated heterocycles. The molecule has 3 rings (SSSR count). The third-order valence-electron chi connectivity index (χ3n) is 3.15. The largest absolute Gasteiger partial charge is 0.454 e. The Labute approximate surface area is 147 Å². The first-order chi connectivity index (χ1) is 11.5. The van der Waals surface area contributed by atoms with Crippen molar-refractivity contribution in [3.8, 4) is 11.5 Å². The van der Waals surface area contributed by atoms with Crippen molar-refractivity contribution in [3.05, 3.63) is 52.0 Å². The van der Waals surface area contributed by atoms with Gasteiger partial charge in [-0.1, -0.05) is 23.2 Å². The van der Waals surface area contributed by atoms with Crippen molar-refractivity contribution in [3.63, 3.8) is 0 Å². The van der Waals surface area contributed by atoms with E-state index in [2.05, 4.69) is 5.32 Å². The van der Waals surface area contributed by atoms with Crippen LogP contribution in [0.1, 0.15) is 10.4 Å². The molecular formula is C16H11Cl2NO5. The van der Waals surface area contributed by atoms with Gasteiger partial charge in [0.15, 0.2) is 18.1 Å². The minimum absolute atomic E-state index is 0.111. The number of hydrogen-bond acceptors (Lipinski definition) is 5. The monoisotopic (exact) mass is 367 g/mol. The molecule has 1 amide bonds. The topological polar surface area (TPSA) is 73.9 Å². The van der Waals surface area contributed by atoms with Crippen molar-refractivity contribution in [2.75, 3.05) is 18.7 Å². The van der Waals surface area contributed by atoms with E-state index in [0.29, 0.717) is 27.2 Å². The lowest BCUT2D eigenvalue weighted by Crippen LogP contribution is -2.20. The molecule has 1 N–H and O–H groups in total. The smallest absolute Gasteiger partial charge is 0.338 e. The van der Waals surface area contributed by atoms with Gasteiger partial charge < -0.3 is 19.5 Å². The molecular weight excluding hydrogens is 357 g/mol. The van der Waals surface area contributed by atoms with Crippen molar-refractivity contribution < 1.29 is 23.8 Å². The zero-order valence-electron chi connectivity index (χ0n) is 12.2. The highest BCUT2D eigenvalue weighted by atomic mass is 35.5. The van der Waals surface area contributed by atoms with Crippen LogP contribution in [0.4, 0.5) is 5.69 Å². The quantitative estimate of drug-likeness (QED) is 0.836. The number of anilines is 1. The maximum Gasteiger partial charge on any atom is 0.338 e. The number of hydrogen-bond donors (Lipinski definition) is 1. The number of carbonyl (C=O) groups excluding carboxylic acids is 2. The first-order valence-corrected chi connectivity index (χ1v) is 7.60. The lowest BCUT2D eigenvalue weighted by atomic mass is 10.2. The Morgan fingerprint density at radius 1 is 1.04 bits per heavy atom. The number of fused-ring (bicyclic) bond motifs is 1. The molecule has 0 radical (unpaired) electrons. The summed E-state index contributed by atoms with van der Waals surface area (Å²) in [7, 11) is 0. The van der Waals surface area contributed by atoms with Crippen LogP contribution in [0.2, 0.25) is 10.0 Å². The molecule has 124 valence electrons. The van der Waals surface area contributed by atoms with Gasteiger partial charge in [0.1, 0.15) is 0 Å². The van der Waals surface area contributed by atoms with Crippen molar-refractivity contribution in [1.82, 2.24) is 0 Å². The first-order valence-electron chi connectivity index (χ1n) is 6.84. The molecule has 6 nitrogen and oxygen atoms in total. The van der Waals surface area contributed by atoms with Crippen LogP contribution in [0.3, 0.4) is 0 Å². The zero-order chi connectivity index (χ0) is 17.1. The third kappa shape index (κ3) is 3.72. The Morgan fingerprint density at radius 3 is 2.62 bits per heavy atom. The highest BCUT2D eigenvalue weighted by Crippen LogP contribution is 2.32. The van der Waals surface area contributed by atoms with Crippen molar-refractivity contribution in [2.45, 2.75) is 0 Å². The SMILES string of the molecule is O=C(COC(=O)c1ccc2c(c1)OCO2)Nc1ccc(Cl)c(Cl)c1. The molecule has 0 spiro atoms. The summed E-state index contributed by atoms with van der Waals surface area (Å²) in [5.41, 5.74) is 0.718. The van der Waals surface area contributed by atoms with E-state index in [1.807, 2.05) is 0 Å². The highest BCUT2D eigenvalue weighted by molar-refractivity contribution is 6.42. The molecule has 0 unspecified atom stereocenters. The standard InChI is InChI=1S/C16H11Cl2NO5/c17-11-3-2-10(6-12(11)18)19-15(20)7-22-16(21)9-1-4-13-14(5-9)24-8-23-13/h1-6H,7-8H2,(H,19,20). The second-order valence-corrected chi connectivity index (χ2v) is 5.64. The van der Waals surface area contributed by atoms with Crippen LogP contribution in [0.15, 0.2) is 36.4 Å². The predicted molar refractivity (Wildman–Crippen MR) is 87.9 cm³/mol. The number of amides is 1. The Balaban J connectivity index is 1.55. The Kier molecular flexibility index (Phi) is 4.78. The predicted octanol–water partition coefficient (Wildman–Crippen LogP) is 3.52. The highest BCUT2D eigenvalue weighted by Gasteiger charge is 2.17. The van der Waals surface area contributed by atoms with Gasteiger partial charge in [0.2, 0.25) is 6.79 Å². The maximum atomic E-state index is 12.0. The van der Waals surface area contributed by atoms with Crippen LogP contribution in [0.5, 0.6) is 11.5 Å². The third-order valence-corrected chi connectivity index (χ3v) is 3.89. The number of nitrogens with one attached hydrogen (secondary N) is 1. The maximum absolute atomic E-state index is 12.0. The van der Waals surface area contributed by atoms with E-state index in [0.717, 1.165) is 0 Å². The summed E-state index contributed by atoms with van der Waals surface area (Å²) in [6.07, 6.45) is 0. The number of carbonyl (C=O) groups is 2. The fourth-order valence-corrected chi connectivity index (χ4v) is 2.31. The van der Waals surface area contributed by atoms with Gasteiger partial charge in [-0.3, -0.25) is 4.79 Å². The first kappa shape index (κ1) is 16.4. The number of rotatable bonds is 4. The lowest BCUT2D eigenvalue weighted by molar-refractivity contribution is -0.119. The molecule has 2 aromatic carbocycles. The second-order valence-electron chi connectivity index (χ2n) is 4.82. The van der Waals surface area contributed by atoms with E-state index in [9.17, 15) is 9.59 Å². The van der Waals surface area contributed by atoms with E-state index in [1.165, 1.54) is 18.2 Å². The summed E-state index contributed by atoms with van der Waals surface area (Å²) in [5, 5.41) is 3.25. The van der Waals surface area contributed by atoms with E-state index >= 15 is 0 Å². The summed E-state index contributed by atoms with van der Waals surface area (Å²) in [6.45, 7) is -0.326. The van der Waals surface area contributed by atoms with Crippen LogP contribution < -0.4 is 14.8 Å². The lowest BCUT2D eigenvalue weighted by Gasteiger charge is -2.08. The zero-order valence-corrected chi connectivity index (χ0v) is 13.7. The van der Waals surface area contributed by atoms with Gasteiger partial charge in [0.05, 0.1) is 15.6 Å². The van der Waals surface area contributed by atoms with Crippen LogP contribution in [0, 0.1) is 0 Å². The minimum Gasteiger partial charge on any atom is -0.454 e. The Morgan fingerprint density at radius 2 is 1.83 bits per heavy atom. The molecule has 0 fully saturated rings. The summed E-state index contributed by atoms with van der Waals surface area (Å²) in [5.74, 6) is -0.117. The molecule has 0 aromatic heterocycles. The Hall–Kier alpha value is -2.44. The number of ether oxygens (including phenoxy) is 3. The van der Waals surface area contributed by atoms with Gasteiger partial charge in [-0.15, -0.1) is 0 Å². The second kappa shape index (κ2) is 6.98. The van der Waals surface area contributed by atoms with Gasteiger partial charge in [-0.25, -0.2) is 4.79 Å². The normalized spacial score (nSPS) is 11.9. The summed E-state index contributed by atoms with van der Waals surface area (Å²) < 4.78 is 15.3. The van der Waals surface area contributed by atoms with Crippen LogP contribution in [0.25, 0.3) is 0 Å². The van der Waals surface area contributed by atoms with E-state index in [1.54, 1.807) is 18.2 Å². The molecule has 1 heterocycles. The van der Waals surface area contributed by atoms with Crippen molar-refractivity contribution in [1.29, 1.82) is 0 Å². The molecule has 1 aliphatic heterocycles. The number of esters is 1. The van der Waals surface area contributed by atoms with Crippen LogP contribution >= 0.6 is 23.2 Å². The Bertz CT molecular complexity index is 809. The van der Waals surface area contributed by atoms with Gasteiger partial charge in [-0.05, 0) is 36.4 Å². The summed E-state index contributed by atoms with van der Waals surface area (Å²) >= 11 is 11.7. The van der Waals surface area contributed by atoms with Gasteiger partial charge in [0, 0.05) is 5.69 Å². The molecule has 0 bridgehead atoms. The molecule has 0 aliphatic carbocycles. The van der Waals surface area contributed by atoms with Crippen LogP contribution in [-0.4, -0.2) is 25.3 Å². The van der Waals surface area contributed by atoms with E-state index < -0.39 is 18.5 Å². The molecule has 0 saturated carbocycles. The number of benzene rings is 2. The molecule has 0 atom stereocenters. The average molecular weight is 368 g/mol. The average Bonchev–Trinajstić information content (AvgIpc) is 3.03. The fraction of sp³-hybridized carbons (Fsp3) is 0.125. The van der Waals surface area contributed by atoms with E-state index in [4.69, 9.17) is 37.4 Å². The van der Waals surface area contributed by atoms with Gasteiger partial charge in [-0.2, -0.15) is 0 Å². The summed E-state index contributed by atoms with van der Waals surface area (Å²) in [4.78, 5) is 23.8. The van der Waals surface area contributed by atoms with Crippen molar-refractivity contribution >= 4 is 40.8 Å². The molecule has 1 aliphatic rings. The fourth-order valence-electron chi connectivity index (χ4n) is 2.01. The molecule has 24 heavy (non-hydrogen) atoms.